The van der Waals surface area contributed by atoms with Gasteiger partial charge in [0.15, 0.2) is 6.61 Å². The van der Waals surface area contributed by atoms with E-state index in [2.05, 4.69) is 15.9 Å². The first-order valence-corrected chi connectivity index (χ1v) is 7.30. The van der Waals surface area contributed by atoms with Gasteiger partial charge in [-0.2, -0.15) is 0 Å². The molecule has 1 aromatic heterocycles. The lowest BCUT2D eigenvalue weighted by atomic mass is 10.2. The Balaban J connectivity index is 2.11. The third-order valence-electron chi connectivity index (χ3n) is 2.61. The summed E-state index contributed by atoms with van der Waals surface area (Å²) in [5.41, 5.74) is 0.684. The smallest absolute Gasteiger partial charge is 0.273 e. The fourth-order valence-corrected chi connectivity index (χ4v) is 3.08. The Morgan fingerprint density at radius 3 is 2.80 bits per heavy atom. The van der Waals surface area contributed by atoms with Crippen molar-refractivity contribution in [2.24, 2.45) is 0 Å². The molecule has 2 aromatic rings. The number of nitro groups is 1. The quantitative estimate of drug-likeness (QED) is 0.461. The maximum absolute atomic E-state index is 12.0. The topological polar surface area (TPSA) is 69.4 Å². The molecule has 0 saturated carbocycles. The summed E-state index contributed by atoms with van der Waals surface area (Å²) in [5.74, 6) is 0.179. The number of nitrogens with zero attached hydrogens (tertiary/aromatic N) is 1. The Bertz CT molecular complexity index is 668. The van der Waals surface area contributed by atoms with Gasteiger partial charge in [-0.15, -0.1) is 11.3 Å². The predicted molar refractivity (Wildman–Crippen MR) is 79.7 cm³/mol. The average molecular weight is 356 g/mol. The van der Waals surface area contributed by atoms with Crippen LogP contribution in [0.15, 0.2) is 34.1 Å². The minimum absolute atomic E-state index is 0.0599. The van der Waals surface area contributed by atoms with Gasteiger partial charge in [-0.25, -0.2) is 0 Å². The second kappa shape index (κ2) is 6.15. The fraction of sp³-hybridized carbons (Fsp3) is 0.154. The number of ketones is 1. The molecule has 0 aliphatic rings. The van der Waals surface area contributed by atoms with Gasteiger partial charge in [0.1, 0.15) is 5.75 Å². The molecule has 0 aliphatic heterocycles. The Morgan fingerprint density at radius 1 is 1.45 bits per heavy atom. The van der Waals surface area contributed by atoms with E-state index in [4.69, 9.17) is 4.74 Å². The SMILES string of the molecule is Cc1ccc([N+](=O)[O-])cc1OCC(=O)c1sccc1Br. The van der Waals surface area contributed by atoms with Crippen LogP contribution in [0.3, 0.4) is 0 Å². The van der Waals surface area contributed by atoms with Crippen LogP contribution in [0, 0.1) is 17.0 Å². The summed E-state index contributed by atoms with van der Waals surface area (Å²) >= 11 is 4.60. The van der Waals surface area contributed by atoms with Crippen molar-refractivity contribution in [1.82, 2.24) is 0 Å². The zero-order chi connectivity index (χ0) is 14.7. The fourth-order valence-electron chi connectivity index (χ4n) is 1.56. The number of halogens is 1. The molecule has 5 nitrogen and oxygen atoms in total. The number of nitro benzene ring substituents is 1. The summed E-state index contributed by atoms with van der Waals surface area (Å²) in [4.78, 5) is 22.7. The molecule has 2 rings (SSSR count). The second-order valence-electron chi connectivity index (χ2n) is 4.02. The van der Waals surface area contributed by atoms with Gasteiger partial charge in [0.05, 0.1) is 15.9 Å². The van der Waals surface area contributed by atoms with Gasteiger partial charge in [0.25, 0.3) is 5.69 Å². The minimum atomic E-state index is -0.496. The highest BCUT2D eigenvalue weighted by atomic mass is 79.9. The van der Waals surface area contributed by atoms with E-state index in [1.165, 1.54) is 23.5 Å². The van der Waals surface area contributed by atoms with Crippen molar-refractivity contribution < 1.29 is 14.5 Å². The van der Waals surface area contributed by atoms with Gasteiger partial charge in [-0.1, -0.05) is 0 Å². The summed E-state index contributed by atoms with van der Waals surface area (Å²) in [7, 11) is 0. The molecule has 0 unspecified atom stereocenters. The molecular formula is C13H10BrNO4S. The van der Waals surface area contributed by atoms with Gasteiger partial charge >= 0.3 is 0 Å². The molecule has 0 saturated heterocycles. The van der Waals surface area contributed by atoms with Crippen molar-refractivity contribution in [2.45, 2.75) is 6.92 Å². The number of Topliss-reactive ketones (excluding diaryl/α,β-unsaturated/α-hetero) is 1. The molecule has 0 N–H and O–H groups in total. The third-order valence-corrected chi connectivity index (χ3v) is 4.49. The van der Waals surface area contributed by atoms with E-state index in [1.807, 2.05) is 0 Å². The van der Waals surface area contributed by atoms with E-state index in [9.17, 15) is 14.9 Å². The second-order valence-corrected chi connectivity index (χ2v) is 5.79. The lowest BCUT2D eigenvalue weighted by Crippen LogP contribution is -2.11. The number of non-ortho nitro benzene ring substituents is 1. The molecule has 0 radical (unpaired) electrons. The van der Waals surface area contributed by atoms with E-state index in [0.717, 1.165) is 10.0 Å². The maximum Gasteiger partial charge on any atom is 0.273 e. The molecule has 0 amide bonds. The molecule has 20 heavy (non-hydrogen) atoms. The Hall–Kier alpha value is -1.73. The van der Waals surface area contributed by atoms with E-state index in [0.29, 0.717) is 10.6 Å². The lowest BCUT2D eigenvalue weighted by molar-refractivity contribution is -0.384. The molecule has 0 spiro atoms. The van der Waals surface area contributed by atoms with Crippen LogP contribution >= 0.6 is 27.3 Å². The largest absolute Gasteiger partial charge is 0.485 e. The van der Waals surface area contributed by atoms with Crippen LogP contribution in [0.25, 0.3) is 0 Å². The molecule has 0 bridgehead atoms. The predicted octanol–water partition coefficient (Wildman–Crippen LogP) is 3.99. The van der Waals surface area contributed by atoms with Crippen molar-refractivity contribution in [2.75, 3.05) is 6.61 Å². The highest BCUT2D eigenvalue weighted by Crippen LogP contribution is 2.26. The third kappa shape index (κ3) is 3.23. The van der Waals surface area contributed by atoms with Crippen molar-refractivity contribution in [1.29, 1.82) is 0 Å². The van der Waals surface area contributed by atoms with E-state index in [1.54, 1.807) is 24.4 Å². The number of rotatable bonds is 5. The number of ether oxygens (including phenoxy) is 1. The van der Waals surface area contributed by atoms with Crippen molar-refractivity contribution in [3.8, 4) is 5.75 Å². The van der Waals surface area contributed by atoms with E-state index in [-0.39, 0.29) is 18.1 Å². The summed E-state index contributed by atoms with van der Waals surface area (Å²) in [6, 6.07) is 6.11. The van der Waals surface area contributed by atoms with Crippen LogP contribution in [0.2, 0.25) is 0 Å². The van der Waals surface area contributed by atoms with Gasteiger partial charge < -0.3 is 4.74 Å². The number of hydrogen-bond donors (Lipinski definition) is 0. The molecular weight excluding hydrogens is 346 g/mol. The first-order chi connectivity index (χ1) is 9.49. The average Bonchev–Trinajstić information content (AvgIpc) is 2.83. The summed E-state index contributed by atoms with van der Waals surface area (Å²) in [5, 5.41) is 12.5. The van der Waals surface area contributed by atoms with Crippen LogP contribution in [-0.4, -0.2) is 17.3 Å². The highest BCUT2D eigenvalue weighted by molar-refractivity contribution is 9.10. The van der Waals surface area contributed by atoms with Gasteiger partial charge in [0.2, 0.25) is 5.78 Å². The van der Waals surface area contributed by atoms with Crippen LogP contribution in [-0.2, 0) is 0 Å². The highest BCUT2D eigenvalue weighted by Gasteiger charge is 2.14. The maximum atomic E-state index is 12.0. The Labute approximate surface area is 127 Å². The van der Waals surface area contributed by atoms with Crippen LogP contribution in [0.5, 0.6) is 5.75 Å². The number of hydrogen-bond acceptors (Lipinski definition) is 5. The number of aryl methyl sites for hydroxylation is 1. The molecule has 0 fully saturated rings. The zero-order valence-corrected chi connectivity index (χ0v) is 12.9. The van der Waals surface area contributed by atoms with Crippen molar-refractivity contribution in [3.05, 3.63) is 54.7 Å². The molecule has 0 atom stereocenters. The Morgan fingerprint density at radius 2 is 2.20 bits per heavy atom. The minimum Gasteiger partial charge on any atom is -0.485 e. The standard InChI is InChI=1S/C13H10BrNO4S/c1-8-2-3-9(15(17)18)6-12(8)19-7-11(16)13-10(14)4-5-20-13/h2-6H,7H2,1H3. The van der Waals surface area contributed by atoms with Crippen molar-refractivity contribution in [3.63, 3.8) is 0 Å². The molecule has 0 aliphatic carbocycles. The van der Waals surface area contributed by atoms with Gasteiger partial charge in [0, 0.05) is 10.5 Å². The molecule has 1 heterocycles. The van der Waals surface area contributed by atoms with Crippen LogP contribution in [0.4, 0.5) is 5.69 Å². The number of benzene rings is 1. The van der Waals surface area contributed by atoms with Crippen LogP contribution in [0.1, 0.15) is 15.2 Å². The summed E-state index contributed by atoms with van der Waals surface area (Å²) < 4.78 is 6.13. The summed E-state index contributed by atoms with van der Waals surface area (Å²) in [6.07, 6.45) is 0. The molecule has 7 heteroatoms. The molecule has 1 aromatic carbocycles. The van der Waals surface area contributed by atoms with E-state index < -0.39 is 4.92 Å². The number of thiophene rings is 1. The first-order valence-electron chi connectivity index (χ1n) is 5.63. The monoisotopic (exact) mass is 355 g/mol. The normalized spacial score (nSPS) is 10.3. The van der Waals surface area contributed by atoms with Crippen LogP contribution < -0.4 is 4.74 Å². The van der Waals surface area contributed by atoms with Gasteiger partial charge in [-0.05, 0) is 45.9 Å². The summed E-state index contributed by atoms with van der Waals surface area (Å²) in [6.45, 7) is 1.62. The Kier molecular flexibility index (Phi) is 4.51. The molecule has 104 valence electrons. The number of carbonyl (C=O) groups is 1. The van der Waals surface area contributed by atoms with Gasteiger partial charge in [-0.3, -0.25) is 14.9 Å². The number of carbonyl (C=O) groups excluding carboxylic acids is 1. The van der Waals surface area contributed by atoms with Crippen molar-refractivity contribution >= 4 is 38.7 Å². The van der Waals surface area contributed by atoms with E-state index >= 15 is 0 Å². The lowest BCUT2D eigenvalue weighted by Gasteiger charge is -2.07. The zero-order valence-electron chi connectivity index (χ0n) is 10.5. The first kappa shape index (κ1) is 14.7.